The Morgan fingerprint density at radius 2 is 1.31 bits per heavy atom. The number of anilines is 2. The number of carbonyl (C=O) groups excluding carboxylic acids is 4. The van der Waals surface area contributed by atoms with E-state index in [1.54, 1.807) is 18.5 Å². The topological polar surface area (TPSA) is 188 Å². The molecule has 0 saturated heterocycles. The normalized spacial score (nSPS) is 28.7. The number of Topliss-reactive ketones (excluding diaryl/α,β-unsaturated/α-hetero) is 2. The van der Waals surface area contributed by atoms with Crippen molar-refractivity contribution in [3.8, 4) is 5.75 Å². The Labute approximate surface area is 436 Å². The molecule has 13 nitrogen and oxygen atoms in total. The number of aryl methyl sites for hydroxylation is 3. The Morgan fingerprint density at radius 3 is 1.82 bits per heavy atom. The van der Waals surface area contributed by atoms with E-state index < -0.39 is 21.0 Å². The zero-order chi connectivity index (χ0) is 53.1. The molecule has 0 radical (unpaired) electrons. The lowest BCUT2D eigenvalue weighted by Crippen LogP contribution is -2.44. The molecule has 10 atom stereocenters. The quantitative estimate of drug-likeness (QED) is 0.0769. The van der Waals surface area contributed by atoms with Crippen molar-refractivity contribution in [3.05, 3.63) is 80.9 Å². The molecule has 6 aliphatic rings. The number of ketones is 2. The molecule has 74 heavy (non-hydrogen) atoms. The van der Waals surface area contributed by atoms with Gasteiger partial charge in [0.2, 0.25) is 11.8 Å². The number of thiazole rings is 2. The minimum absolute atomic E-state index is 0.0488. The first kappa shape index (κ1) is 53.7. The first-order chi connectivity index (χ1) is 35.1. The highest BCUT2D eigenvalue weighted by molar-refractivity contribution is 7.88. The van der Waals surface area contributed by atoms with Gasteiger partial charge in [-0.1, -0.05) is 33.8 Å². The van der Waals surface area contributed by atoms with Gasteiger partial charge >= 0.3 is 15.6 Å². The van der Waals surface area contributed by atoms with Crippen molar-refractivity contribution in [1.82, 2.24) is 15.0 Å². The fourth-order valence-electron chi connectivity index (χ4n) is 14.2. The van der Waals surface area contributed by atoms with Gasteiger partial charge in [0.1, 0.15) is 22.8 Å². The number of alkyl halides is 3. The number of rotatable bonds is 10. The van der Waals surface area contributed by atoms with Crippen LogP contribution in [0.2, 0.25) is 0 Å². The standard InChI is InChI=1S/C26H29F3N2O5S2.C26H28FN3O3S.C2H6/c1-14-13-30-24(37-14)31-22(33)8-4-16-12-21(32)25(2)10-9-19-18-7-5-17(36-38(34,35)26(27,28)29)11-15(18)3-6-20(19)23(16)25;1-13-11-28-25(34-13)30-21(32)6-3-14-9-20(31)26(2)8-7-15-16(22(14)26)4-5-17-18(15)10-19-24(23(17)27)33-12-29-19;1-2/h5,7,11,13,16,19-20,23H,3-4,6,8-10,12H2,1-2H3,(H,30,31,33);10-12,14-16,22H,3-9H2,1-2H3,(H,28,30,32);1-2H3. The molecule has 11 rings (SSSR count). The Balaban J connectivity index is 0.000000177. The lowest BCUT2D eigenvalue weighted by atomic mass is 9.54. The van der Waals surface area contributed by atoms with Gasteiger partial charge in [-0.25, -0.2) is 19.3 Å². The van der Waals surface area contributed by atoms with Gasteiger partial charge in [-0.15, -0.1) is 22.7 Å². The van der Waals surface area contributed by atoms with Crippen molar-refractivity contribution in [3.63, 3.8) is 0 Å². The van der Waals surface area contributed by atoms with Crippen molar-refractivity contribution >= 4 is 77.5 Å². The Hall–Kier alpha value is -5.08. The van der Waals surface area contributed by atoms with E-state index in [-0.39, 0.29) is 81.6 Å². The molecule has 2 aromatic carbocycles. The van der Waals surface area contributed by atoms with Crippen LogP contribution in [0.4, 0.5) is 27.8 Å². The maximum absolute atomic E-state index is 15.2. The number of carbonyl (C=O) groups is 4. The highest BCUT2D eigenvalue weighted by Gasteiger charge is 2.60. The smallest absolute Gasteiger partial charge is 0.440 e. The first-order valence-corrected chi connectivity index (χ1v) is 28.9. The number of hydrogen-bond donors (Lipinski definition) is 2. The zero-order valence-corrected chi connectivity index (χ0v) is 44.9. The molecular weight excluding hydrogens is 1020 g/mol. The second kappa shape index (κ2) is 20.8. The lowest BCUT2D eigenvalue weighted by molar-refractivity contribution is -0.130. The van der Waals surface area contributed by atoms with Gasteiger partial charge in [-0.3, -0.25) is 19.2 Å². The predicted octanol–water partition coefficient (Wildman–Crippen LogP) is 12.6. The van der Waals surface area contributed by atoms with Gasteiger partial charge in [0.05, 0.1) is 0 Å². The number of amides is 2. The van der Waals surface area contributed by atoms with Crippen LogP contribution in [0.5, 0.6) is 5.75 Å². The van der Waals surface area contributed by atoms with Crippen molar-refractivity contribution in [1.29, 1.82) is 0 Å². The molecule has 2 N–H and O–H groups in total. The number of fused-ring (bicyclic) bond motifs is 11. The molecule has 3 aromatic heterocycles. The van der Waals surface area contributed by atoms with Crippen LogP contribution < -0.4 is 14.8 Å². The van der Waals surface area contributed by atoms with Crippen molar-refractivity contribution in [2.75, 3.05) is 10.6 Å². The number of benzene rings is 2. The average Bonchev–Trinajstić information content (AvgIpc) is 4.19. The number of nitrogens with one attached hydrogen (secondary N) is 2. The van der Waals surface area contributed by atoms with Crippen molar-refractivity contribution in [2.45, 2.75) is 149 Å². The molecule has 10 unspecified atom stereocenters. The van der Waals surface area contributed by atoms with Gasteiger partial charge in [0.25, 0.3) is 0 Å². The van der Waals surface area contributed by atoms with Crippen molar-refractivity contribution in [2.24, 2.45) is 46.3 Å². The second-order valence-corrected chi connectivity index (χ2v) is 25.4. The maximum Gasteiger partial charge on any atom is 0.534 e. The summed E-state index contributed by atoms with van der Waals surface area (Å²) >= 11 is 2.87. The number of hydrogen-bond acceptors (Lipinski definition) is 13. The van der Waals surface area contributed by atoms with E-state index in [1.807, 2.05) is 40.7 Å². The summed E-state index contributed by atoms with van der Waals surface area (Å²) in [5.74, 6) is 1.22. The van der Waals surface area contributed by atoms with Crippen LogP contribution in [-0.4, -0.2) is 52.3 Å². The highest BCUT2D eigenvalue weighted by atomic mass is 32.2. The molecule has 6 aliphatic carbocycles. The lowest BCUT2D eigenvalue weighted by Gasteiger charge is -2.50. The second-order valence-electron chi connectivity index (χ2n) is 21.4. The van der Waals surface area contributed by atoms with Crippen LogP contribution in [0.1, 0.15) is 149 Å². The molecule has 0 spiro atoms. The zero-order valence-electron chi connectivity index (χ0n) is 42.4. The molecule has 4 saturated carbocycles. The van der Waals surface area contributed by atoms with Crippen molar-refractivity contribution < 1.29 is 53.8 Å². The maximum atomic E-state index is 15.2. The summed E-state index contributed by atoms with van der Waals surface area (Å²) in [4.78, 5) is 66.2. The van der Waals surface area contributed by atoms with E-state index >= 15 is 4.39 Å². The van der Waals surface area contributed by atoms with Gasteiger partial charge in [0.15, 0.2) is 28.1 Å². The first-order valence-electron chi connectivity index (χ1n) is 25.8. The Bertz CT molecular complexity index is 3080. The van der Waals surface area contributed by atoms with E-state index in [4.69, 9.17) is 4.42 Å². The van der Waals surface area contributed by atoms with Crippen LogP contribution in [0.25, 0.3) is 11.1 Å². The van der Waals surface area contributed by atoms with Crippen LogP contribution in [0, 0.1) is 66.0 Å². The third kappa shape index (κ3) is 10.1. The van der Waals surface area contributed by atoms with E-state index in [2.05, 4.69) is 36.7 Å². The third-order valence-electron chi connectivity index (χ3n) is 17.4. The molecule has 3 heterocycles. The monoisotopic (exact) mass is 1080 g/mol. The van der Waals surface area contributed by atoms with Gasteiger partial charge in [-0.2, -0.15) is 21.6 Å². The van der Waals surface area contributed by atoms with Crippen LogP contribution in [0.3, 0.4) is 0 Å². The Kier molecular flexibility index (Phi) is 15.1. The Morgan fingerprint density at radius 1 is 0.784 bits per heavy atom. The highest BCUT2D eigenvalue weighted by Crippen LogP contribution is 2.64. The number of aromatic nitrogens is 3. The number of oxazole rings is 1. The number of nitrogens with zero attached hydrogens (tertiary/aromatic N) is 3. The molecule has 0 aliphatic heterocycles. The summed E-state index contributed by atoms with van der Waals surface area (Å²) in [6, 6.07) is 6.35. The molecule has 20 heteroatoms. The van der Waals surface area contributed by atoms with Crippen LogP contribution >= 0.6 is 22.7 Å². The molecule has 398 valence electrons. The van der Waals surface area contributed by atoms with Gasteiger partial charge in [-0.05, 0) is 166 Å². The molecular formula is C54H63F4N5O8S3. The molecule has 4 fully saturated rings. The summed E-state index contributed by atoms with van der Waals surface area (Å²) in [7, 11) is -5.74. The molecule has 0 bridgehead atoms. The fraction of sp³-hybridized carbons (Fsp3) is 0.574. The SMILES string of the molecule is CC.Cc1cnc(NC(=O)CCC2CC(=O)C3(C)CCC4c5cc6ncoc6c(F)c5CCC4C23)s1.Cc1cnc(NC(=O)CCC2CC(=O)C3(C)CCC4c5ccc(OS(=O)(=O)C(F)(F)F)cc5CCC4C23)s1. The van der Waals surface area contributed by atoms with Gasteiger partial charge in [0, 0.05) is 58.7 Å². The predicted molar refractivity (Wildman–Crippen MR) is 274 cm³/mol. The summed E-state index contributed by atoms with van der Waals surface area (Å²) < 4.78 is 86.0. The van der Waals surface area contributed by atoms with E-state index in [1.165, 1.54) is 41.2 Å². The molecule has 5 aromatic rings. The minimum atomic E-state index is -5.74. The van der Waals surface area contributed by atoms with Crippen LogP contribution in [-0.2, 0) is 42.1 Å². The van der Waals surface area contributed by atoms with E-state index in [0.29, 0.717) is 85.3 Å². The summed E-state index contributed by atoms with van der Waals surface area (Å²) in [6.45, 7) is 12.0. The third-order valence-corrected chi connectivity index (χ3v) is 20.0. The largest absolute Gasteiger partial charge is 0.534 e. The summed E-state index contributed by atoms with van der Waals surface area (Å²) in [5, 5.41) is 6.92. The van der Waals surface area contributed by atoms with Crippen LogP contribution in [0.15, 0.2) is 47.5 Å². The van der Waals surface area contributed by atoms with E-state index in [9.17, 15) is 40.8 Å². The average molecular weight is 1080 g/mol. The van der Waals surface area contributed by atoms with Gasteiger partial charge < -0.3 is 19.2 Å². The number of halogens is 4. The summed E-state index contributed by atoms with van der Waals surface area (Å²) in [5.41, 5.74) is -1.91. The fourth-order valence-corrected chi connectivity index (χ4v) is 16.1. The van der Waals surface area contributed by atoms with E-state index in [0.717, 1.165) is 64.1 Å². The molecule has 2 amide bonds. The minimum Gasteiger partial charge on any atom is -0.440 e. The summed E-state index contributed by atoms with van der Waals surface area (Å²) in [6.07, 6.45) is 13.7.